The SMILES string of the molecule is CCCCCC1(C)OCC(C)(CC)CO1. The average Bonchev–Trinajstić information content (AvgIpc) is 2.24. The molecule has 90 valence electrons. The summed E-state index contributed by atoms with van der Waals surface area (Å²) in [7, 11) is 0. The van der Waals surface area contributed by atoms with E-state index in [1.54, 1.807) is 0 Å². The lowest BCUT2D eigenvalue weighted by Crippen LogP contribution is -2.46. The lowest BCUT2D eigenvalue weighted by molar-refractivity contribution is -0.295. The summed E-state index contributed by atoms with van der Waals surface area (Å²) in [5.41, 5.74) is 0.226. The first-order valence-electron chi connectivity index (χ1n) is 6.31. The molecular formula is C13H26O2. The topological polar surface area (TPSA) is 18.5 Å². The Morgan fingerprint density at radius 3 is 2.07 bits per heavy atom. The van der Waals surface area contributed by atoms with Crippen LogP contribution < -0.4 is 0 Å². The standard InChI is InChI=1S/C13H26O2/c1-5-7-8-9-13(4)14-10-12(3,6-2)11-15-13/h5-11H2,1-4H3. The summed E-state index contributed by atoms with van der Waals surface area (Å²) in [6.07, 6.45) is 5.88. The number of hydrogen-bond acceptors (Lipinski definition) is 2. The molecule has 15 heavy (non-hydrogen) atoms. The first-order valence-corrected chi connectivity index (χ1v) is 6.31. The molecule has 2 nitrogen and oxygen atoms in total. The molecule has 0 aromatic carbocycles. The highest BCUT2D eigenvalue weighted by molar-refractivity contribution is 4.79. The van der Waals surface area contributed by atoms with Gasteiger partial charge in [-0.2, -0.15) is 0 Å². The summed E-state index contributed by atoms with van der Waals surface area (Å²) in [5, 5.41) is 0. The summed E-state index contributed by atoms with van der Waals surface area (Å²) in [6.45, 7) is 10.4. The number of ether oxygens (including phenoxy) is 2. The molecule has 1 heterocycles. The van der Waals surface area contributed by atoms with Crippen LogP contribution in [0.4, 0.5) is 0 Å². The van der Waals surface area contributed by atoms with E-state index in [2.05, 4.69) is 27.7 Å². The van der Waals surface area contributed by atoms with Gasteiger partial charge in [0, 0.05) is 11.8 Å². The van der Waals surface area contributed by atoms with Crippen molar-refractivity contribution in [2.45, 2.75) is 65.6 Å². The molecule has 0 spiro atoms. The molecule has 1 aliphatic heterocycles. The minimum atomic E-state index is -0.316. The van der Waals surface area contributed by atoms with Gasteiger partial charge in [-0.25, -0.2) is 0 Å². The Bertz CT molecular complexity index is 181. The van der Waals surface area contributed by atoms with Crippen LogP contribution in [0.2, 0.25) is 0 Å². The van der Waals surface area contributed by atoms with Gasteiger partial charge in [0.1, 0.15) is 0 Å². The van der Waals surface area contributed by atoms with Crippen LogP contribution >= 0.6 is 0 Å². The van der Waals surface area contributed by atoms with Crippen molar-refractivity contribution < 1.29 is 9.47 Å². The van der Waals surface area contributed by atoms with E-state index in [1.165, 1.54) is 19.3 Å². The molecule has 0 unspecified atom stereocenters. The van der Waals surface area contributed by atoms with Crippen molar-refractivity contribution in [3.05, 3.63) is 0 Å². The normalized spacial score (nSPS) is 36.8. The van der Waals surface area contributed by atoms with Crippen molar-refractivity contribution in [2.75, 3.05) is 13.2 Å². The summed E-state index contributed by atoms with van der Waals surface area (Å²) in [6, 6.07) is 0. The van der Waals surface area contributed by atoms with Gasteiger partial charge < -0.3 is 9.47 Å². The van der Waals surface area contributed by atoms with Gasteiger partial charge in [-0.15, -0.1) is 0 Å². The molecule has 0 aliphatic carbocycles. The molecular weight excluding hydrogens is 188 g/mol. The zero-order chi connectivity index (χ0) is 11.4. The highest BCUT2D eigenvalue weighted by Gasteiger charge is 2.37. The molecule has 2 heteroatoms. The van der Waals surface area contributed by atoms with Crippen LogP contribution in [0.3, 0.4) is 0 Å². The fourth-order valence-electron chi connectivity index (χ4n) is 1.78. The Morgan fingerprint density at radius 1 is 1.00 bits per heavy atom. The predicted octanol–water partition coefficient (Wildman–Crippen LogP) is 3.75. The highest BCUT2D eigenvalue weighted by Crippen LogP contribution is 2.34. The van der Waals surface area contributed by atoms with Crippen molar-refractivity contribution in [2.24, 2.45) is 5.41 Å². The maximum Gasteiger partial charge on any atom is 0.165 e. The Labute approximate surface area is 94.3 Å². The fraction of sp³-hybridized carbons (Fsp3) is 1.00. The second-order valence-corrected chi connectivity index (χ2v) is 5.33. The first kappa shape index (κ1) is 13.0. The zero-order valence-corrected chi connectivity index (χ0v) is 10.8. The van der Waals surface area contributed by atoms with Gasteiger partial charge >= 0.3 is 0 Å². The van der Waals surface area contributed by atoms with Crippen LogP contribution in [0, 0.1) is 5.41 Å². The maximum atomic E-state index is 5.90. The molecule has 0 aromatic rings. The third-order valence-corrected chi connectivity index (χ3v) is 3.54. The molecule has 0 saturated carbocycles. The summed E-state index contributed by atoms with van der Waals surface area (Å²) in [5.74, 6) is -0.316. The Balaban J connectivity index is 2.34. The fourth-order valence-corrected chi connectivity index (χ4v) is 1.78. The van der Waals surface area contributed by atoms with Gasteiger partial charge in [-0.1, -0.05) is 33.6 Å². The van der Waals surface area contributed by atoms with Gasteiger partial charge in [-0.3, -0.25) is 0 Å². The lowest BCUT2D eigenvalue weighted by Gasteiger charge is -2.43. The van der Waals surface area contributed by atoms with E-state index in [0.29, 0.717) is 0 Å². The molecule has 0 radical (unpaired) electrons. The smallest absolute Gasteiger partial charge is 0.165 e. The van der Waals surface area contributed by atoms with Crippen molar-refractivity contribution in [3.63, 3.8) is 0 Å². The van der Waals surface area contributed by atoms with Crippen LogP contribution in [0.1, 0.15) is 59.8 Å². The number of hydrogen-bond donors (Lipinski definition) is 0. The first-order chi connectivity index (χ1) is 7.04. The van der Waals surface area contributed by atoms with Gasteiger partial charge in [0.25, 0.3) is 0 Å². The van der Waals surface area contributed by atoms with E-state index in [4.69, 9.17) is 9.47 Å². The minimum absolute atomic E-state index is 0.226. The lowest BCUT2D eigenvalue weighted by atomic mass is 9.88. The molecule has 0 amide bonds. The molecule has 0 N–H and O–H groups in total. The zero-order valence-electron chi connectivity index (χ0n) is 10.8. The van der Waals surface area contributed by atoms with Crippen LogP contribution in [0.25, 0.3) is 0 Å². The van der Waals surface area contributed by atoms with Crippen LogP contribution in [0.15, 0.2) is 0 Å². The van der Waals surface area contributed by atoms with Crippen molar-refractivity contribution >= 4 is 0 Å². The Kier molecular flexibility index (Phi) is 4.60. The molecule has 0 aromatic heterocycles. The maximum absolute atomic E-state index is 5.90. The molecule has 1 saturated heterocycles. The van der Waals surface area contributed by atoms with Crippen LogP contribution in [-0.2, 0) is 9.47 Å². The average molecular weight is 214 g/mol. The molecule has 1 aliphatic rings. The summed E-state index contributed by atoms with van der Waals surface area (Å²) >= 11 is 0. The third-order valence-electron chi connectivity index (χ3n) is 3.54. The second kappa shape index (κ2) is 5.31. The van der Waals surface area contributed by atoms with Crippen molar-refractivity contribution in [1.82, 2.24) is 0 Å². The largest absolute Gasteiger partial charge is 0.350 e. The molecule has 0 bridgehead atoms. The molecule has 0 atom stereocenters. The van der Waals surface area contributed by atoms with E-state index in [1.807, 2.05) is 0 Å². The second-order valence-electron chi connectivity index (χ2n) is 5.33. The predicted molar refractivity (Wildman–Crippen MR) is 62.8 cm³/mol. The van der Waals surface area contributed by atoms with E-state index < -0.39 is 0 Å². The van der Waals surface area contributed by atoms with E-state index >= 15 is 0 Å². The van der Waals surface area contributed by atoms with Crippen LogP contribution in [-0.4, -0.2) is 19.0 Å². The number of rotatable bonds is 5. The third kappa shape index (κ3) is 3.76. The van der Waals surface area contributed by atoms with Gasteiger partial charge in [-0.05, 0) is 19.8 Å². The molecule has 1 fully saturated rings. The van der Waals surface area contributed by atoms with Gasteiger partial charge in [0.2, 0.25) is 0 Å². The number of unbranched alkanes of at least 4 members (excludes halogenated alkanes) is 2. The summed E-state index contributed by atoms with van der Waals surface area (Å²) in [4.78, 5) is 0. The molecule has 1 rings (SSSR count). The van der Waals surface area contributed by atoms with Crippen molar-refractivity contribution in [1.29, 1.82) is 0 Å². The minimum Gasteiger partial charge on any atom is -0.350 e. The monoisotopic (exact) mass is 214 g/mol. The van der Waals surface area contributed by atoms with E-state index in [-0.39, 0.29) is 11.2 Å². The van der Waals surface area contributed by atoms with Gasteiger partial charge in [0.05, 0.1) is 13.2 Å². The van der Waals surface area contributed by atoms with E-state index in [0.717, 1.165) is 26.1 Å². The highest BCUT2D eigenvalue weighted by atomic mass is 16.7. The quantitative estimate of drug-likeness (QED) is 0.649. The van der Waals surface area contributed by atoms with Crippen LogP contribution in [0.5, 0.6) is 0 Å². The Hall–Kier alpha value is -0.0800. The summed E-state index contributed by atoms with van der Waals surface area (Å²) < 4.78 is 11.8. The van der Waals surface area contributed by atoms with Gasteiger partial charge in [0.15, 0.2) is 5.79 Å². The van der Waals surface area contributed by atoms with Crippen molar-refractivity contribution in [3.8, 4) is 0 Å². The van der Waals surface area contributed by atoms with E-state index in [9.17, 15) is 0 Å². The Morgan fingerprint density at radius 2 is 1.60 bits per heavy atom.